The number of aromatic amines is 1. The van der Waals surface area contributed by atoms with Gasteiger partial charge in [-0.15, -0.1) is 11.3 Å². The summed E-state index contributed by atoms with van der Waals surface area (Å²) >= 11 is 1.58. The number of imidazole rings is 1. The maximum absolute atomic E-state index is 10.7. The molecule has 0 atom stereocenters. The molecule has 3 rings (SSSR count). The Labute approximate surface area is 117 Å². The predicted molar refractivity (Wildman–Crippen MR) is 76.9 cm³/mol. The molecular weight excluding hydrogens is 278 g/mol. The molecule has 3 aromatic rings. The number of nitro groups is 1. The third-order valence-electron chi connectivity index (χ3n) is 2.94. The van der Waals surface area contributed by atoms with Gasteiger partial charge in [0.25, 0.3) is 5.69 Å². The van der Waals surface area contributed by atoms with Gasteiger partial charge in [0, 0.05) is 17.0 Å². The largest absolute Gasteiger partial charge is 0.351 e. The van der Waals surface area contributed by atoms with Crippen molar-refractivity contribution in [3.05, 3.63) is 44.4 Å². The highest BCUT2D eigenvalue weighted by Gasteiger charge is 2.10. The van der Waals surface area contributed by atoms with Crippen molar-refractivity contribution in [2.24, 2.45) is 0 Å². The first-order chi connectivity index (χ1) is 9.63. The zero-order chi connectivity index (χ0) is 14.1. The predicted octanol–water partition coefficient (Wildman–Crippen LogP) is 2.85. The molecule has 2 heterocycles. The second kappa shape index (κ2) is 4.89. The summed E-state index contributed by atoms with van der Waals surface area (Å²) in [6.45, 7) is 2.58. The lowest BCUT2D eigenvalue weighted by atomic mass is 10.3. The van der Waals surface area contributed by atoms with E-state index in [1.807, 2.05) is 6.92 Å². The second-order valence-electron chi connectivity index (χ2n) is 4.26. The number of nitrogens with zero attached hydrogens (tertiary/aromatic N) is 3. The molecule has 0 aliphatic rings. The third kappa shape index (κ3) is 2.32. The number of aryl methyl sites for hydroxylation is 1. The number of fused-ring (bicyclic) bond motifs is 1. The highest BCUT2D eigenvalue weighted by molar-refractivity contribution is 7.09. The summed E-state index contributed by atoms with van der Waals surface area (Å²) in [7, 11) is 0. The Morgan fingerprint density at radius 3 is 3.05 bits per heavy atom. The van der Waals surface area contributed by atoms with Gasteiger partial charge >= 0.3 is 0 Å². The van der Waals surface area contributed by atoms with Gasteiger partial charge in [-0.25, -0.2) is 9.97 Å². The number of hydrogen-bond donors (Lipinski definition) is 2. The Morgan fingerprint density at radius 2 is 2.35 bits per heavy atom. The number of non-ortho nitro benzene ring substituents is 1. The highest BCUT2D eigenvalue weighted by atomic mass is 32.1. The second-order valence-corrected chi connectivity index (χ2v) is 5.20. The molecule has 7 nitrogen and oxygen atoms in total. The molecule has 0 unspecified atom stereocenters. The molecule has 0 saturated carbocycles. The maximum Gasteiger partial charge on any atom is 0.271 e. The Hall–Kier alpha value is -2.48. The molecule has 2 N–H and O–H groups in total. The van der Waals surface area contributed by atoms with Crippen molar-refractivity contribution in [2.75, 3.05) is 5.32 Å². The number of rotatable bonds is 4. The summed E-state index contributed by atoms with van der Waals surface area (Å²) < 4.78 is 0. The van der Waals surface area contributed by atoms with Gasteiger partial charge in [-0.3, -0.25) is 10.1 Å². The van der Waals surface area contributed by atoms with E-state index in [-0.39, 0.29) is 5.69 Å². The van der Waals surface area contributed by atoms with Gasteiger partial charge in [-0.2, -0.15) is 0 Å². The summed E-state index contributed by atoms with van der Waals surface area (Å²) in [5.74, 6) is 0.591. The molecule has 2 aromatic heterocycles. The van der Waals surface area contributed by atoms with Crippen LogP contribution in [-0.4, -0.2) is 19.9 Å². The van der Waals surface area contributed by atoms with Gasteiger partial charge in [0.05, 0.1) is 33.7 Å². The Bertz CT molecular complexity index is 779. The molecule has 1 aromatic carbocycles. The third-order valence-corrected chi connectivity index (χ3v) is 3.87. The van der Waals surface area contributed by atoms with E-state index in [1.54, 1.807) is 22.9 Å². The lowest BCUT2D eigenvalue weighted by Crippen LogP contribution is -2.00. The van der Waals surface area contributed by atoms with E-state index < -0.39 is 4.92 Å². The molecular formula is C12H11N5O2S. The van der Waals surface area contributed by atoms with Gasteiger partial charge < -0.3 is 10.3 Å². The Kier molecular flexibility index (Phi) is 3.07. The monoisotopic (exact) mass is 289 g/mol. The van der Waals surface area contributed by atoms with E-state index in [4.69, 9.17) is 0 Å². The number of thiazole rings is 1. The number of benzene rings is 1. The molecule has 0 spiro atoms. The van der Waals surface area contributed by atoms with E-state index in [0.29, 0.717) is 23.5 Å². The zero-order valence-electron chi connectivity index (χ0n) is 10.6. The first-order valence-electron chi connectivity index (χ1n) is 5.90. The number of hydrogen-bond acceptors (Lipinski definition) is 6. The van der Waals surface area contributed by atoms with Crippen LogP contribution < -0.4 is 5.32 Å². The molecule has 0 radical (unpaired) electrons. The average molecular weight is 289 g/mol. The van der Waals surface area contributed by atoms with Crippen LogP contribution in [0.4, 0.5) is 11.6 Å². The SMILES string of the molecule is Cc1ncsc1CNc1nc2ccc([N+](=O)[O-])cc2[nH]1. The smallest absolute Gasteiger partial charge is 0.271 e. The summed E-state index contributed by atoms with van der Waals surface area (Å²) in [5, 5.41) is 13.9. The Morgan fingerprint density at radius 1 is 1.50 bits per heavy atom. The van der Waals surface area contributed by atoms with Crippen LogP contribution >= 0.6 is 11.3 Å². The average Bonchev–Trinajstić information content (AvgIpc) is 3.00. The molecule has 0 aliphatic carbocycles. The van der Waals surface area contributed by atoms with Crippen LogP contribution in [-0.2, 0) is 6.54 Å². The van der Waals surface area contributed by atoms with Crippen LogP contribution in [0.5, 0.6) is 0 Å². The number of aromatic nitrogens is 3. The van der Waals surface area contributed by atoms with Crippen LogP contribution in [0.25, 0.3) is 11.0 Å². The fourth-order valence-corrected chi connectivity index (χ4v) is 2.57. The van der Waals surface area contributed by atoms with Gasteiger partial charge in [-0.1, -0.05) is 0 Å². The quantitative estimate of drug-likeness (QED) is 0.568. The molecule has 8 heteroatoms. The molecule has 0 amide bonds. The van der Waals surface area contributed by atoms with E-state index in [9.17, 15) is 10.1 Å². The number of anilines is 1. The molecule has 20 heavy (non-hydrogen) atoms. The Balaban J connectivity index is 1.82. The minimum atomic E-state index is -0.423. The molecule has 0 fully saturated rings. The summed E-state index contributed by atoms with van der Waals surface area (Å²) in [5.41, 5.74) is 4.18. The maximum atomic E-state index is 10.7. The number of nitrogens with one attached hydrogen (secondary N) is 2. The first kappa shape index (κ1) is 12.5. The fourth-order valence-electron chi connectivity index (χ4n) is 1.85. The number of nitro benzene ring substituents is 1. The molecule has 0 bridgehead atoms. The molecule has 102 valence electrons. The normalized spacial score (nSPS) is 10.8. The van der Waals surface area contributed by atoms with Crippen LogP contribution in [0, 0.1) is 17.0 Å². The van der Waals surface area contributed by atoms with Crippen molar-refractivity contribution in [3.8, 4) is 0 Å². The fraction of sp³-hybridized carbons (Fsp3) is 0.167. The van der Waals surface area contributed by atoms with Crippen molar-refractivity contribution in [2.45, 2.75) is 13.5 Å². The minimum absolute atomic E-state index is 0.0472. The van der Waals surface area contributed by atoms with Gasteiger partial charge in [0.1, 0.15) is 0 Å². The van der Waals surface area contributed by atoms with Crippen molar-refractivity contribution < 1.29 is 4.92 Å². The lowest BCUT2D eigenvalue weighted by Gasteiger charge is -2.00. The standard InChI is InChI=1S/C12H11N5O2S/c1-7-11(20-6-14-7)5-13-12-15-9-3-2-8(17(18)19)4-10(9)16-12/h2-4,6H,5H2,1H3,(H2,13,15,16). The molecule has 0 aliphatic heterocycles. The summed E-state index contributed by atoms with van der Waals surface area (Å²) in [6.07, 6.45) is 0. The van der Waals surface area contributed by atoms with Gasteiger partial charge in [0.2, 0.25) is 5.95 Å². The van der Waals surface area contributed by atoms with Gasteiger partial charge in [-0.05, 0) is 13.0 Å². The van der Waals surface area contributed by atoms with Gasteiger partial charge in [0.15, 0.2) is 0 Å². The van der Waals surface area contributed by atoms with Crippen LogP contribution in [0.15, 0.2) is 23.7 Å². The number of H-pyrrole nitrogens is 1. The van der Waals surface area contributed by atoms with Crippen LogP contribution in [0.2, 0.25) is 0 Å². The van der Waals surface area contributed by atoms with Crippen molar-refractivity contribution >= 4 is 34.0 Å². The van der Waals surface area contributed by atoms with E-state index >= 15 is 0 Å². The summed E-state index contributed by atoms with van der Waals surface area (Å²) in [4.78, 5) is 23.0. The minimum Gasteiger partial charge on any atom is -0.351 e. The van der Waals surface area contributed by atoms with Crippen molar-refractivity contribution in [1.29, 1.82) is 0 Å². The topological polar surface area (TPSA) is 96.7 Å². The first-order valence-corrected chi connectivity index (χ1v) is 6.78. The van der Waals surface area contributed by atoms with Crippen molar-refractivity contribution in [1.82, 2.24) is 15.0 Å². The molecule has 0 saturated heterocycles. The van der Waals surface area contributed by atoms with E-state index in [2.05, 4.69) is 20.3 Å². The zero-order valence-corrected chi connectivity index (χ0v) is 11.4. The van der Waals surface area contributed by atoms with Crippen LogP contribution in [0.1, 0.15) is 10.6 Å². The van der Waals surface area contributed by atoms with E-state index in [0.717, 1.165) is 10.6 Å². The summed E-state index contributed by atoms with van der Waals surface area (Å²) in [6, 6.07) is 4.55. The van der Waals surface area contributed by atoms with E-state index in [1.165, 1.54) is 12.1 Å². The van der Waals surface area contributed by atoms with Crippen LogP contribution in [0.3, 0.4) is 0 Å². The lowest BCUT2D eigenvalue weighted by molar-refractivity contribution is -0.384. The van der Waals surface area contributed by atoms with Crippen molar-refractivity contribution in [3.63, 3.8) is 0 Å². The highest BCUT2D eigenvalue weighted by Crippen LogP contribution is 2.21.